The molecule has 0 spiro atoms. The van der Waals surface area contributed by atoms with E-state index in [0.717, 1.165) is 5.57 Å². The van der Waals surface area contributed by atoms with Crippen molar-refractivity contribution in [3.8, 4) is 0 Å². The van der Waals surface area contributed by atoms with Gasteiger partial charge in [0.1, 0.15) is 24.4 Å². The molecule has 2 fully saturated rings. The summed E-state index contributed by atoms with van der Waals surface area (Å²) in [6.07, 6.45) is -0.638. The Hall–Kier alpha value is -0.540. The van der Waals surface area contributed by atoms with E-state index in [1.54, 1.807) is 19.9 Å². The van der Waals surface area contributed by atoms with Crippen LogP contribution in [0.1, 0.15) is 27.7 Å². The Morgan fingerprint density at radius 1 is 1.00 bits per heavy atom. The van der Waals surface area contributed by atoms with Gasteiger partial charge >= 0.3 is 0 Å². The highest BCUT2D eigenvalue weighted by Crippen LogP contribution is 2.45. The summed E-state index contributed by atoms with van der Waals surface area (Å²) in [6, 6.07) is 0. The maximum Gasteiger partial charge on any atom is 0.220 e. The molecule has 2 saturated heterocycles. The second-order valence-electron chi connectivity index (χ2n) is 6.92. The first-order valence-corrected chi connectivity index (χ1v) is 7.81. The van der Waals surface area contributed by atoms with E-state index in [4.69, 9.17) is 28.4 Å². The third-order valence-electron chi connectivity index (χ3n) is 5.03. The molecule has 1 N–H and O–H groups in total. The Bertz CT molecular complexity index is 505. The standard InChI is InChI=1S/C16H26O7/c1-14(2)20-8-9-7-10(17)12-13(11(9)21-14)23-16(4,19-6)15(3,18-5)22-12/h7,10-13,17H,8H2,1-6H3/t10-,11-,12+,13+,15-,16-/m1/s1. The van der Waals surface area contributed by atoms with Crippen LogP contribution < -0.4 is 0 Å². The molecule has 7 nitrogen and oxygen atoms in total. The predicted octanol–water partition coefficient (Wildman–Crippen LogP) is 0.948. The molecule has 3 rings (SSSR count). The van der Waals surface area contributed by atoms with Crippen LogP contribution in [0, 0.1) is 0 Å². The molecular weight excluding hydrogens is 304 g/mol. The molecule has 2 heterocycles. The van der Waals surface area contributed by atoms with Gasteiger partial charge in [-0.3, -0.25) is 0 Å². The second-order valence-corrected chi connectivity index (χ2v) is 6.92. The Labute approximate surface area is 136 Å². The van der Waals surface area contributed by atoms with Gasteiger partial charge in [-0.1, -0.05) is 0 Å². The minimum absolute atomic E-state index is 0.372. The quantitative estimate of drug-likeness (QED) is 0.755. The molecule has 0 aromatic rings. The molecule has 0 amide bonds. The van der Waals surface area contributed by atoms with Gasteiger partial charge in [0.2, 0.25) is 11.6 Å². The molecule has 3 aliphatic rings. The summed E-state index contributed by atoms with van der Waals surface area (Å²) in [4.78, 5) is 0. The number of hydrogen-bond acceptors (Lipinski definition) is 7. The largest absolute Gasteiger partial charge is 0.386 e. The molecule has 0 bridgehead atoms. The molecule has 0 saturated carbocycles. The summed E-state index contributed by atoms with van der Waals surface area (Å²) in [6.45, 7) is 7.56. The Morgan fingerprint density at radius 3 is 2.13 bits per heavy atom. The first kappa shape index (κ1) is 17.3. The summed E-state index contributed by atoms with van der Waals surface area (Å²) in [7, 11) is 3.05. The number of hydrogen-bond donors (Lipinski definition) is 1. The zero-order valence-corrected chi connectivity index (χ0v) is 14.5. The van der Waals surface area contributed by atoms with Crippen LogP contribution in [-0.4, -0.2) is 67.7 Å². The van der Waals surface area contributed by atoms with E-state index in [1.807, 2.05) is 13.8 Å². The molecule has 6 atom stereocenters. The predicted molar refractivity (Wildman–Crippen MR) is 79.6 cm³/mol. The fourth-order valence-electron chi connectivity index (χ4n) is 3.32. The maximum absolute atomic E-state index is 10.5. The summed E-state index contributed by atoms with van der Waals surface area (Å²) in [5.41, 5.74) is 0.848. The number of methoxy groups -OCH3 is 2. The van der Waals surface area contributed by atoms with Crippen molar-refractivity contribution in [3.63, 3.8) is 0 Å². The lowest BCUT2D eigenvalue weighted by Crippen LogP contribution is -2.71. The van der Waals surface area contributed by atoms with Crippen LogP contribution in [0.25, 0.3) is 0 Å². The zero-order valence-electron chi connectivity index (χ0n) is 14.5. The van der Waals surface area contributed by atoms with Crippen LogP contribution in [0.15, 0.2) is 11.6 Å². The molecule has 0 unspecified atom stereocenters. The Balaban J connectivity index is 1.96. The van der Waals surface area contributed by atoms with Crippen LogP contribution >= 0.6 is 0 Å². The third-order valence-corrected chi connectivity index (χ3v) is 5.03. The van der Waals surface area contributed by atoms with Crippen molar-refractivity contribution in [2.75, 3.05) is 20.8 Å². The van der Waals surface area contributed by atoms with E-state index in [1.165, 1.54) is 14.2 Å². The van der Waals surface area contributed by atoms with Gasteiger partial charge in [-0.2, -0.15) is 0 Å². The number of fused-ring (bicyclic) bond motifs is 3. The minimum atomic E-state index is -1.16. The molecule has 132 valence electrons. The molecule has 0 aromatic carbocycles. The fourth-order valence-corrected chi connectivity index (χ4v) is 3.32. The number of rotatable bonds is 2. The summed E-state index contributed by atoms with van der Waals surface area (Å²) < 4.78 is 35.0. The molecular formula is C16H26O7. The maximum atomic E-state index is 10.5. The molecule has 23 heavy (non-hydrogen) atoms. The van der Waals surface area contributed by atoms with E-state index in [-0.39, 0.29) is 6.10 Å². The first-order valence-electron chi connectivity index (χ1n) is 7.81. The van der Waals surface area contributed by atoms with Crippen molar-refractivity contribution in [3.05, 3.63) is 11.6 Å². The summed E-state index contributed by atoms with van der Waals surface area (Å²) in [5.74, 6) is -3.03. The molecule has 2 aliphatic heterocycles. The molecule has 0 radical (unpaired) electrons. The topological polar surface area (TPSA) is 75.6 Å². The highest BCUT2D eigenvalue weighted by atomic mass is 16.8. The molecule has 7 heteroatoms. The van der Waals surface area contributed by atoms with Crippen LogP contribution in [0.5, 0.6) is 0 Å². The smallest absolute Gasteiger partial charge is 0.220 e. The number of aliphatic hydroxyl groups excluding tert-OH is 1. The van der Waals surface area contributed by atoms with E-state index in [2.05, 4.69) is 0 Å². The number of aliphatic hydroxyl groups is 1. The Morgan fingerprint density at radius 2 is 1.57 bits per heavy atom. The van der Waals surface area contributed by atoms with Gasteiger partial charge in [-0.25, -0.2) is 0 Å². The average molecular weight is 330 g/mol. The lowest BCUT2D eigenvalue weighted by Gasteiger charge is -2.56. The highest BCUT2D eigenvalue weighted by Gasteiger charge is 2.61. The van der Waals surface area contributed by atoms with Gasteiger partial charge in [0.15, 0.2) is 5.79 Å². The first-order chi connectivity index (χ1) is 10.6. The van der Waals surface area contributed by atoms with Crippen LogP contribution in [0.4, 0.5) is 0 Å². The third kappa shape index (κ3) is 2.64. The van der Waals surface area contributed by atoms with Crippen LogP contribution in [0.2, 0.25) is 0 Å². The second kappa shape index (κ2) is 5.49. The van der Waals surface area contributed by atoms with E-state index in [9.17, 15) is 5.11 Å². The van der Waals surface area contributed by atoms with E-state index < -0.39 is 35.7 Å². The average Bonchev–Trinajstić information content (AvgIpc) is 2.50. The summed E-state index contributed by atoms with van der Waals surface area (Å²) >= 11 is 0. The highest BCUT2D eigenvalue weighted by molar-refractivity contribution is 5.24. The van der Waals surface area contributed by atoms with Gasteiger partial charge in [-0.05, 0) is 39.3 Å². The van der Waals surface area contributed by atoms with Crippen molar-refractivity contribution in [2.24, 2.45) is 0 Å². The van der Waals surface area contributed by atoms with Crippen molar-refractivity contribution in [1.29, 1.82) is 0 Å². The fraction of sp³-hybridized carbons (Fsp3) is 0.875. The van der Waals surface area contributed by atoms with Crippen LogP contribution in [0.3, 0.4) is 0 Å². The van der Waals surface area contributed by atoms with Crippen molar-refractivity contribution < 1.29 is 33.5 Å². The zero-order chi connectivity index (χ0) is 17.0. The van der Waals surface area contributed by atoms with Gasteiger partial charge < -0.3 is 33.5 Å². The van der Waals surface area contributed by atoms with Crippen molar-refractivity contribution in [1.82, 2.24) is 0 Å². The monoisotopic (exact) mass is 330 g/mol. The van der Waals surface area contributed by atoms with Crippen LogP contribution in [-0.2, 0) is 28.4 Å². The van der Waals surface area contributed by atoms with E-state index in [0.29, 0.717) is 6.61 Å². The van der Waals surface area contributed by atoms with Crippen molar-refractivity contribution >= 4 is 0 Å². The van der Waals surface area contributed by atoms with E-state index >= 15 is 0 Å². The van der Waals surface area contributed by atoms with Gasteiger partial charge in [0.25, 0.3) is 0 Å². The molecule has 1 aliphatic carbocycles. The normalized spacial score (nSPS) is 49.1. The minimum Gasteiger partial charge on any atom is -0.386 e. The van der Waals surface area contributed by atoms with Gasteiger partial charge in [-0.15, -0.1) is 0 Å². The molecule has 0 aromatic heterocycles. The van der Waals surface area contributed by atoms with Gasteiger partial charge in [0.05, 0.1) is 6.61 Å². The number of ether oxygens (including phenoxy) is 6. The Kier molecular flexibility index (Phi) is 4.12. The summed E-state index contributed by atoms with van der Waals surface area (Å²) in [5, 5.41) is 10.5. The van der Waals surface area contributed by atoms with Crippen molar-refractivity contribution in [2.45, 2.75) is 69.5 Å². The SMILES string of the molecule is CO[C@]1(C)O[C@@H]2[C@@H](O[C@@]1(C)OC)[C@@H]1OC(C)(C)OCC1=C[C@H]2O. The lowest BCUT2D eigenvalue weighted by molar-refractivity contribution is -0.464. The van der Waals surface area contributed by atoms with Gasteiger partial charge in [0, 0.05) is 14.2 Å². The lowest BCUT2D eigenvalue weighted by atomic mass is 9.86.